The van der Waals surface area contributed by atoms with Crippen LogP contribution in [0.4, 0.5) is 0 Å². The SMILES string of the molecule is CCNNC1NC2SC(C)C(C)C2C(C2CCC(C3CCC4(CC3)CCN(C3CCC(C(=O)NC5CCC(OC6CCC(C#N)C(OC)C6)CC5)NN3)C4)CC2)=N[C@H]1CC. The van der Waals surface area contributed by atoms with Gasteiger partial charge < -0.3 is 14.8 Å². The van der Waals surface area contributed by atoms with Gasteiger partial charge in [0, 0.05) is 56.1 Å². The van der Waals surface area contributed by atoms with Gasteiger partial charge in [0.1, 0.15) is 6.04 Å². The summed E-state index contributed by atoms with van der Waals surface area (Å²) in [6.07, 6.45) is 22.6. The van der Waals surface area contributed by atoms with E-state index < -0.39 is 0 Å². The standard InChI is InChI=1S/C47H81N9O3S/c1-6-38-44(55-49-7-2)52-46-42(29(3)30(4)60-46)43(51-38)33-10-8-31(9-11-33)32-20-22-47(23-21-32)24-25-56(28-47)41-19-18-39(53-54-41)45(57)50-35-13-16-36(17-14-35)59-37-15-12-34(27-48)40(26-37)58-5/h29-42,44,46,49,52-55H,6-26,28H2,1-5H3,(H,50,57)/t29?,30?,31?,32?,33?,34?,35?,36?,37?,38-,39?,40?,41?,42?,44?,46?,47?/m0/s1. The Bertz CT molecular complexity index is 1470. The highest BCUT2D eigenvalue weighted by molar-refractivity contribution is 8.00. The average Bonchev–Trinajstić information content (AvgIpc) is 3.76. The van der Waals surface area contributed by atoms with Crippen LogP contribution in [0.1, 0.15) is 150 Å². The number of rotatable bonds is 12. The third-order valence-corrected chi connectivity index (χ3v) is 18.8. The van der Waals surface area contributed by atoms with Crippen LogP contribution in [0, 0.1) is 52.3 Å². The van der Waals surface area contributed by atoms with E-state index in [-0.39, 0.29) is 54.4 Å². The Morgan fingerprint density at radius 2 is 1.68 bits per heavy atom. The molecule has 6 N–H and O–H groups in total. The number of ether oxygens (including phenoxy) is 2. The van der Waals surface area contributed by atoms with Gasteiger partial charge in [-0.15, -0.1) is 11.8 Å². The topological polar surface area (TPSA) is 147 Å². The molecular weight excluding hydrogens is 771 g/mol. The van der Waals surface area contributed by atoms with Crippen LogP contribution in [0.5, 0.6) is 0 Å². The number of carbonyl (C=O) groups is 1. The van der Waals surface area contributed by atoms with Gasteiger partial charge >= 0.3 is 0 Å². The minimum absolute atomic E-state index is 0.0226. The van der Waals surface area contributed by atoms with E-state index in [9.17, 15) is 10.1 Å². The van der Waals surface area contributed by atoms with Crippen LogP contribution in [0.15, 0.2) is 4.99 Å². The number of nitriles is 1. The molecule has 3 saturated heterocycles. The van der Waals surface area contributed by atoms with E-state index >= 15 is 0 Å². The normalized spacial score (nSPS) is 45.4. The fourth-order valence-electron chi connectivity index (χ4n) is 13.2. The predicted molar refractivity (Wildman–Crippen MR) is 241 cm³/mol. The summed E-state index contributed by atoms with van der Waals surface area (Å²) in [5, 5.41) is 17.9. The lowest BCUT2D eigenvalue weighted by Gasteiger charge is -2.43. The van der Waals surface area contributed by atoms with Crippen molar-refractivity contribution in [3.63, 3.8) is 0 Å². The number of aliphatic imine (C=N–C) groups is 1. The molecule has 0 aromatic rings. The molecule has 13 heteroatoms. The van der Waals surface area contributed by atoms with Gasteiger partial charge in [0.05, 0.1) is 54.0 Å². The van der Waals surface area contributed by atoms with Crippen molar-refractivity contribution in [2.24, 2.45) is 45.9 Å². The van der Waals surface area contributed by atoms with E-state index in [1.165, 1.54) is 70.9 Å². The summed E-state index contributed by atoms with van der Waals surface area (Å²) in [6, 6.07) is 2.71. The summed E-state index contributed by atoms with van der Waals surface area (Å²) in [5.41, 5.74) is 16.0. The number of nitrogens with zero attached hydrogens (tertiary/aromatic N) is 3. The first-order valence-electron chi connectivity index (χ1n) is 24.8. The number of likely N-dealkylation sites (tertiary alicyclic amines) is 1. The van der Waals surface area contributed by atoms with Crippen molar-refractivity contribution in [2.75, 3.05) is 26.7 Å². The molecule has 7 fully saturated rings. The number of hydrazine groups is 2. The molecule has 10 unspecified atom stereocenters. The van der Waals surface area contributed by atoms with Crippen molar-refractivity contribution in [2.45, 2.75) is 209 Å². The van der Waals surface area contributed by atoms with Gasteiger partial charge in [-0.1, -0.05) is 27.7 Å². The van der Waals surface area contributed by atoms with Crippen molar-refractivity contribution in [1.29, 1.82) is 5.26 Å². The lowest BCUT2D eigenvalue weighted by Crippen LogP contribution is -2.62. The van der Waals surface area contributed by atoms with Crippen molar-refractivity contribution >= 4 is 23.4 Å². The maximum atomic E-state index is 13.4. The summed E-state index contributed by atoms with van der Waals surface area (Å²) >= 11 is 2.14. The second kappa shape index (κ2) is 20.7. The maximum Gasteiger partial charge on any atom is 0.238 e. The quantitative estimate of drug-likeness (QED) is 0.122. The van der Waals surface area contributed by atoms with Gasteiger partial charge in [-0.25, -0.2) is 16.3 Å². The Kier molecular flexibility index (Phi) is 15.6. The first-order valence-corrected chi connectivity index (χ1v) is 25.7. The molecule has 8 rings (SSSR count). The molecule has 4 heterocycles. The number of hydrogen-bond acceptors (Lipinski definition) is 12. The van der Waals surface area contributed by atoms with Gasteiger partial charge in [-0.2, -0.15) is 5.26 Å². The minimum atomic E-state index is -0.180. The fraction of sp³-hybridized carbons (Fsp3) is 0.936. The molecule has 11 atom stereocenters. The van der Waals surface area contributed by atoms with E-state index in [1.54, 1.807) is 12.8 Å². The smallest absolute Gasteiger partial charge is 0.238 e. The Morgan fingerprint density at radius 3 is 2.37 bits per heavy atom. The lowest BCUT2D eigenvalue weighted by molar-refractivity contribution is -0.126. The second-order valence-corrected chi connectivity index (χ2v) is 22.2. The third-order valence-electron chi connectivity index (χ3n) is 17.2. The first-order chi connectivity index (χ1) is 29.2. The lowest BCUT2D eigenvalue weighted by atomic mass is 9.63. The molecule has 1 spiro atoms. The summed E-state index contributed by atoms with van der Waals surface area (Å²) < 4.78 is 12.1. The third kappa shape index (κ3) is 10.3. The van der Waals surface area contributed by atoms with Crippen molar-refractivity contribution in [1.82, 2.24) is 37.2 Å². The van der Waals surface area contributed by atoms with Crippen LogP contribution in [0.3, 0.4) is 0 Å². The number of amides is 1. The zero-order valence-electron chi connectivity index (χ0n) is 37.8. The molecule has 0 aromatic carbocycles. The fourth-order valence-corrected chi connectivity index (χ4v) is 14.9. The number of fused-ring (bicyclic) bond motifs is 1. The van der Waals surface area contributed by atoms with Crippen molar-refractivity contribution in [3.8, 4) is 6.07 Å². The molecule has 1 amide bonds. The maximum absolute atomic E-state index is 13.4. The minimum Gasteiger partial charge on any atom is -0.380 e. The Balaban J connectivity index is 0.741. The Labute approximate surface area is 366 Å². The predicted octanol–water partition coefficient (Wildman–Crippen LogP) is 6.39. The van der Waals surface area contributed by atoms with Gasteiger partial charge in [0.2, 0.25) is 5.91 Å². The number of nitrogens with one attached hydrogen (secondary N) is 6. The van der Waals surface area contributed by atoms with Gasteiger partial charge in [0.15, 0.2) is 0 Å². The van der Waals surface area contributed by atoms with Crippen molar-refractivity contribution in [3.05, 3.63) is 0 Å². The molecule has 338 valence electrons. The Morgan fingerprint density at radius 1 is 0.933 bits per heavy atom. The number of carbonyl (C=O) groups excluding carboxylic acids is 1. The molecule has 4 saturated carbocycles. The highest BCUT2D eigenvalue weighted by Gasteiger charge is 2.49. The summed E-state index contributed by atoms with van der Waals surface area (Å²) in [7, 11) is 1.70. The van der Waals surface area contributed by atoms with E-state index in [0.29, 0.717) is 40.0 Å². The molecule has 60 heavy (non-hydrogen) atoms. The monoisotopic (exact) mass is 852 g/mol. The van der Waals surface area contributed by atoms with E-state index in [1.807, 2.05) is 0 Å². The number of hydrogen-bond donors (Lipinski definition) is 6. The second-order valence-electron chi connectivity index (χ2n) is 20.7. The molecule has 8 aliphatic rings. The van der Waals surface area contributed by atoms with E-state index in [0.717, 1.165) is 82.6 Å². The average molecular weight is 852 g/mol. The van der Waals surface area contributed by atoms with E-state index in [2.05, 4.69) is 82.8 Å². The van der Waals surface area contributed by atoms with Gasteiger partial charge in [0.25, 0.3) is 0 Å². The van der Waals surface area contributed by atoms with Crippen LogP contribution in [-0.2, 0) is 14.3 Å². The van der Waals surface area contributed by atoms with Gasteiger partial charge in [-0.3, -0.25) is 25.4 Å². The zero-order chi connectivity index (χ0) is 41.8. The van der Waals surface area contributed by atoms with Crippen LogP contribution in [-0.4, -0.2) is 103 Å². The number of methoxy groups -OCH3 is 1. The highest BCUT2D eigenvalue weighted by atomic mass is 32.2. The van der Waals surface area contributed by atoms with Crippen LogP contribution >= 0.6 is 11.8 Å². The molecule has 4 aliphatic carbocycles. The largest absolute Gasteiger partial charge is 0.380 e. The first kappa shape index (κ1) is 45.2. The summed E-state index contributed by atoms with van der Waals surface area (Å²) in [4.78, 5) is 21.7. The summed E-state index contributed by atoms with van der Waals surface area (Å²) in [6.45, 7) is 12.6. The molecule has 0 radical (unpaired) electrons. The molecular formula is C47H81N9O3S. The number of thioether (sulfide) groups is 1. The molecule has 0 bridgehead atoms. The van der Waals surface area contributed by atoms with Crippen LogP contribution in [0.2, 0.25) is 0 Å². The Hall–Kier alpha value is -1.34. The zero-order valence-corrected chi connectivity index (χ0v) is 38.6. The van der Waals surface area contributed by atoms with Crippen LogP contribution < -0.4 is 32.3 Å². The summed E-state index contributed by atoms with van der Waals surface area (Å²) in [5.74, 6) is 3.73. The molecule has 4 aliphatic heterocycles. The van der Waals surface area contributed by atoms with Crippen molar-refractivity contribution < 1.29 is 14.3 Å². The highest BCUT2D eigenvalue weighted by Crippen LogP contribution is 2.52. The van der Waals surface area contributed by atoms with Gasteiger partial charge in [-0.05, 0) is 145 Å². The molecule has 12 nitrogen and oxygen atoms in total. The van der Waals surface area contributed by atoms with E-state index in [4.69, 9.17) is 14.5 Å². The van der Waals surface area contributed by atoms with Crippen LogP contribution in [0.25, 0.3) is 0 Å². The molecule has 0 aromatic heterocycles.